The SMILES string of the molecule is CCOc1cc(C2C(C#N)=C(N)Oc3cc(OC(=O)c4cc(Cl)c(OC)c(Cl)c4)ccc32)ccc1OCc1ccc(C)cc1. The van der Waals surface area contributed by atoms with Gasteiger partial charge in [0.1, 0.15) is 29.7 Å². The molecule has 224 valence electrons. The van der Waals surface area contributed by atoms with Gasteiger partial charge in [0.25, 0.3) is 0 Å². The van der Waals surface area contributed by atoms with Crippen molar-refractivity contribution in [2.75, 3.05) is 13.7 Å². The maximum absolute atomic E-state index is 12.9. The quantitative estimate of drug-likeness (QED) is 0.148. The number of aryl methyl sites for hydroxylation is 1. The van der Waals surface area contributed by atoms with E-state index in [9.17, 15) is 10.1 Å². The molecule has 4 aromatic rings. The number of ether oxygens (including phenoxy) is 5. The lowest BCUT2D eigenvalue weighted by Gasteiger charge is -2.27. The summed E-state index contributed by atoms with van der Waals surface area (Å²) in [5.41, 5.74) is 10.2. The second-order valence-corrected chi connectivity index (χ2v) is 10.7. The Kier molecular flexibility index (Phi) is 9.19. The second-order valence-electron chi connectivity index (χ2n) is 9.90. The van der Waals surface area contributed by atoms with Crippen molar-refractivity contribution in [1.29, 1.82) is 5.26 Å². The zero-order valence-electron chi connectivity index (χ0n) is 24.1. The van der Waals surface area contributed by atoms with Crippen LogP contribution >= 0.6 is 23.2 Å². The minimum absolute atomic E-state index is 0.0557. The lowest BCUT2D eigenvalue weighted by molar-refractivity contribution is 0.0734. The van der Waals surface area contributed by atoms with Crippen molar-refractivity contribution in [2.45, 2.75) is 26.4 Å². The van der Waals surface area contributed by atoms with Crippen LogP contribution in [0.1, 0.15) is 45.5 Å². The number of rotatable bonds is 9. The number of nitrogens with zero attached hydrogens (tertiary/aromatic N) is 1. The molecule has 0 aromatic heterocycles. The van der Waals surface area contributed by atoms with E-state index < -0.39 is 11.9 Å². The first-order valence-electron chi connectivity index (χ1n) is 13.6. The molecule has 0 radical (unpaired) electrons. The van der Waals surface area contributed by atoms with Crippen LogP contribution in [-0.4, -0.2) is 19.7 Å². The molecule has 0 saturated heterocycles. The number of hydrogen-bond donors (Lipinski definition) is 1. The monoisotopic (exact) mass is 630 g/mol. The first kappa shape index (κ1) is 30.6. The second kappa shape index (κ2) is 13.2. The van der Waals surface area contributed by atoms with E-state index in [1.54, 1.807) is 12.1 Å². The molecular weight excluding hydrogens is 603 g/mol. The maximum Gasteiger partial charge on any atom is 0.343 e. The van der Waals surface area contributed by atoms with Crippen molar-refractivity contribution < 1.29 is 28.5 Å². The highest BCUT2D eigenvalue weighted by Gasteiger charge is 2.32. The molecule has 10 heteroatoms. The van der Waals surface area contributed by atoms with Gasteiger partial charge in [0.05, 0.1) is 35.2 Å². The minimum Gasteiger partial charge on any atom is -0.494 e. The molecule has 0 saturated carbocycles. The summed E-state index contributed by atoms with van der Waals surface area (Å²) in [6.45, 7) is 4.70. The van der Waals surface area contributed by atoms with E-state index in [0.29, 0.717) is 36.0 Å². The van der Waals surface area contributed by atoms with Crippen molar-refractivity contribution >= 4 is 29.2 Å². The molecule has 0 bridgehead atoms. The van der Waals surface area contributed by atoms with Crippen LogP contribution in [0.5, 0.6) is 28.7 Å². The molecule has 0 aliphatic carbocycles. The Morgan fingerprint density at radius 2 is 1.70 bits per heavy atom. The molecule has 0 fully saturated rings. The third-order valence-corrected chi connectivity index (χ3v) is 7.52. The average molecular weight is 632 g/mol. The summed E-state index contributed by atoms with van der Waals surface area (Å²) in [5, 5.41) is 10.4. The minimum atomic E-state index is -0.687. The van der Waals surface area contributed by atoms with E-state index in [2.05, 4.69) is 6.07 Å². The molecular formula is C34H28Cl2N2O6. The van der Waals surface area contributed by atoms with Crippen LogP contribution < -0.4 is 29.4 Å². The Hall–Kier alpha value is -4.84. The van der Waals surface area contributed by atoms with Crippen LogP contribution in [0.25, 0.3) is 0 Å². The fourth-order valence-electron chi connectivity index (χ4n) is 4.82. The molecule has 8 nitrogen and oxygen atoms in total. The zero-order valence-corrected chi connectivity index (χ0v) is 25.7. The fraction of sp³-hybridized carbons (Fsp3) is 0.176. The third-order valence-electron chi connectivity index (χ3n) is 6.96. The van der Waals surface area contributed by atoms with E-state index in [1.165, 1.54) is 30.9 Å². The number of esters is 1. The summed E-state index contributed by atoms with van der Waals surface area (Å²) < 4.78 is 28.6. The van der Waals surface area contributed by atoms with Crippen molar-refractivity contribution in [2.24, 2.45) is 5.73 Å². The van der Waals surface area contributed by atoms with Crippen molar-refractivity contribution in [1.82, 2.24) is 0 Å². The third kappa shape index (κ3) is 6.40. The number of fused-ring (bicyclic) bond motifs is 1. The summed E-state index contributed by atoms with van der Waals surface area (Å²) >= 11 is 12.4. The number of hydrogen-bond acceptors (Lipinski definition) is 8. The molecule has 1 aliphatic rings. The van der Waals surface area contributed by atoms with Crippen molar-refractivity contribution in [3.8, 4) is 34.8 Å². The number of carbonyl (C=O) groups excluding carboxylic acids is 1. The van der Waals surface area contributed by atoms with Gasteiger partial charge in [-0.15, -0.1) is 0 Å². The van der Waals surface area contributed by atoms with Gasteiger partial charge in [-0.3, -0.25) is 0 Å². The van der Waals surface area contributed by atoms with Crippen LogP contribution in [0.4, 0.5) is 0 Å². The Morgan fingerprint density at radius 1 is 0.977 bits per heavy atom. The van der Waals surface area contributed by atoms with Crippen LogP contribution in [-0.2, 0) is 6.61 Å². The highest BCUT2D eigenvalue weighted by molar-refractivity contribution is 6.37. The predicted molar refractivity (Wildman–Crippen MR) is 167 cm³/mol. The number of methoxy groups -OCH3 is 1. The highest BCUT2D eigenvalue weighted by Crippen LogP contribution is 2.45. The average Bonchev–Trinajstić information content (AvgIpc) is 3.00. The van der Waals surface area contributed by atoms with Crippen molar-refractivity contribution in [3.63, 3.8) is 0 Å². The molecule has 4 aromatic carbocycles. The largest absolute Gasteiger partial charge is 0.494 e. The topological polar surface area (TPSA) is 113 Å². The van der Waals surface area contributed by atoms with Gasteiger partial charge in [-0.25, -0.2) is 4.79 Å². The molecule has 44 heavy (non-hydrogen) atoms. The number of nitriles is 1. The number of allylic oxidation sites excluding steroid dienone is 1. The lowest BCUT2D eigenvalue weighted by atomic mass is 9.83. The van der Waals surface area contributed by atoms with E-state index >= 15 is 0 Å². The Labute approximate surface area is 265 Å². The standard InChI is InChI=1S/C34H28Cl2N2O6/c1-4-41-30-15-21(9-12-28(30)42-18-20-7-5-19(2)6-8-20)31-24-11-10-23(16-29(24)44-33(38)25(31)17-37)43-34(39)22-13-26(35)32(40-3)27(36)14-22/h5-16,31H,4,18,38H2,1-3H3. The van der Waals surface area contributed by atoms with Gasteiger partial charge in [0.15, 0.2) is 17.2 Å². The Balaban J connectivity index is 1.44. The zero-order chi connectivity index (χ0) is 31.4. The first-order chi connectivity index (χ1) is 21.2. The van der Waals surface area contributed by atoms with Crippen LogP contribution in [0.15, 0.2) is 84.3 Å². The Bertz CT molecular complexity index is 1770. The van der Waals surface area contributed by atoms with Gasteiger partial charge in [-0.2, -0.15) is 5.26 Å². The summed E-state index contributed by atoms with van der Waals surface area (Å²) in [6, 6.07) is 23.5. The number of benzene rings is 4. The van der Waals surface area contributed by atoms with E-state index in [4.69, 9.17) is 52.6 Å². The Morgan fingerprint density at radius 3 is 2.36 bits per heavy atom. The van der Waals surface area contributed by atoms with Crippen LogP contribution in [0, 0.1) is 18.3 Å². The van der Waals surface area contributed by atoms with E-state index in [-0.39, 0.29) is 38.6 Å². The molecule has 1 heterocycles. The molecule has 1 aliphatic heterocycles. The molecule has 0 spiro atoms. The highest BCUT2D eigenvalue weighted by atomic mass is 35.5. The van der Waals surface area contributed by atoms with E-state index in [0.717, 1.165) is 11.1 Å². The van der Waals surface area contributed by atoms with Gasteiger partial charge in [0.2, 0.25) is 5.88 Å². The lowest BCUT2D eigenvalue weighted by Crippen LogP contribution is -2.21. The maximum atomic E-state index is 12.9. The van der Waals surface area contributed by atoms with E-state index in [1.807, 2.05) is 56.3 Å². The molecule has 1 unspecified atom stereocenters. The van der Waals surface area contributed by atoms with Gasteiger partial charge < -0.3 is 29.4 Å². The predicted octanol–water partition coefficient (Wildman–Crippen LogP) is 7.73. The summed E-state index contributed by atoms with van der Waals surface area (Å²) in [6.07, 6.45) is 0. The summed E-state index contributed by atoms with van der Waals surface area (Å²) in [5.74, 6) is 0.569. The fourth-order valence-corrected chi connectivity index (χ4v) is 5.46. The number of nitrogens with two attached hydrogens (primary N) is 1. The number of halogens is 2. The first-order valence-corrected chi connectivity index (χ1v) is 14.4. The summed E-state index contributed by atoms with van der Waals surface area (Å²) in [7, 11) is 1.43. The van der Waals surface area contributed by atoms with Gasteiger partial charge in [0, 0.05) is 11.6 Å². The normalized spacial score (nSPS) is 13.8. The smallest absolute Gasteiger partial charge is 0.343 e. The molecule has 0 amide bonds. The van der Waals surface area contributed by atoms with Crippen molar-refractivity contribution in [3.05, 3.63) is 122 Å². The molecule has 5 rings (SSSR count). The number of carbonyl (C=O) groups is 1. The summed E-state index contributed by atoms with van der Waals surface area (Å²) in [4.78, 5) is 12.9. The van der Waals surface area contributed by atoms with Gasteiger partial charge >= 0.3 is 5.97 Å². The van der Waals surface area contributed by atoms with Crippen LogP contribution in [0.2, 0.25) is 10.0 Å². The van der Waals surface area contributed by atoms with Crippen LogP contribution in [0.3, 0.4) is 0 Å². The molecule has 2 N–H and O–H groups in total. The molecule has 1 atom stereocenters. The van der Waals surface area contributed by atoms with Gasteiger partial charge in [-0.1, -0.05) is 65.2 Å². The van der Waals surface area contributed by atoms with Gasteiger partial charge in [-0.05, 0) is 55.3 Å².